The quantitative estimate of drug-likeness (QED) is 0.392. The van der Waals surface area contributed by atoms with Crippen LogP contribution in [0.4, 0.5) is 4.79 Å². The van der Waals surface area contributed by atoms with Crippen LogP contribution in [0, 0.1) is 0 Å². The van der Waals surface area contributed by atoms with Crippen molar-refractivity contribution < 1.29 is 9.53 Å². The fourth-order valence-electron chi connectivity index (χ4n) is 4.22. The monoisotopic (exact) mass is 465 g/mol. The van der Waals surface area contributed by atoms with Crippen LogP contribution in [-0.2, 0) is 0 Å². The van der Waals surface area contributed by atoms with E-state index in [2.05, 4.69) is 41.4 Å². The van der Waals surface area contributed by atoms with Gasteiger partial charge in [0.2, 0.25) is 0 Å². The maximum absolute atomic E-state index is 14.2. The summed E-state index contributed by atoms with van der Waals surface area (Å²) in [6, 6.07) is 38.2. The van der Waals surface area contributed by atoms with Crippen molar-refractivity contribution in [2.45, 2.75) is 0 Å². The third-order valence-corrected chi connectivity index (χ3v) is 14.7. The van der Waals surface area contributed by atoms with E-state index in [1.165, 1.54) is 0 Å². The molecule has 0 aliphatic heterocycles. The standard InChI is InChI=1S/C27H21GeNO2/c30-27(31-26-20-29-25-19-11-10-18-24(25)26)28(21-12-4-1-5-13-21,22-14-6-2-7-15-22)23-16-8-3-9-17-23/h1-20,29H. The molecule has 0 aliphatic rings. The molecule has 0 saturated heterocycles. The molecule has 0 unspecified atom stereocenters. The number of hydrogen-bond donors (Lipinski definition) is 1. The number of benzene rings is 4. The summed E-state index contributed by atoms with van der Waals surface area (Å²) in [5, 5.41) is 0.904. The van der Waals surface area contributed by atoms with Gasteiger partial charge in [0.05, 0.1) is 0 Å². The number of para-hydroxylation sites is 1. The van der Waals surface area contributed by atoms with Crippen LogP contribution < -0.4 is 17.9 Å². The molecule has 0 radical (unpaired) electrons. The van der Waals surface area contributed by atoms with Gasteiger partial charge in [0.1, 0.15) is 0 Å². The number of hydrogen-bond acceptors (Lipinski definition) is 2. The van der Waals surface area contributed by atoms with Gasteiger partial charge in [-0.25, -0.2) is 0 Å². The van der Waals surface area contributed by atoms with E-state index < -0.39 is 13.3 Å². The van der Waals surface area contributed by atoms with Gasteiger partial charge in [0, 0.05) is 0 Å². The van der Waals surface area contributed by atoms with E-state index in [0.29, 0.717) is 5.75 Å². The maximum atomic E-state index is 14.2. The van der Waals surface area contributed by atoms with E-state index >= 15 is 0 Å². The average Bonchev–Trinajstić information content (AvgIpc) is 3.25. The van der Waals surface area contributed by atoms with Gasteiger partial charge < -0.3 is 0 Å². The number of rotatable bonds is 5. The Morgan fingerprint density at radius 2 is 1.06 bits per heavy atom. The van der Waals surface area contributed by atoms with Gasteiger partial charge in [-0.3, -0.25) is 0 Å². The molecule has 0 saturated carbocycles. The van der Waals surface area contributed by atoms with Crippen LogP contribution in [0.1, 0.15) is 0 Å². The molecule has 5 rings (SSSR count). The van der Waals surface area contributed by atoms with Crippen molar-refractivity contribution in [3.05, 3.63) is 121 Å². The first-order valence-electron chi connectivity index (χ1n) is 10.2. The molecular formula is C27H21GeNO2. The zero-order valence-corrected chi connectivity index (χ0v) is 19.0. The van der Waals surface area contributed by atoms with Gasteiger partial charge in [-0.15, -0.1) is 0 Å². The third kappa shape index (κ3) is 3.37. The van der Waals surface area contributed by atoms with Crippen LogP contribution in [-0.4, -0.2) is 23.1 Å². The molecule has 3 nitrogen and oxygen atoms in total. The van der Waals surface area contributed by atoms with Crippen molar-refractivity contribution in [1.82, 2.24) is 4.98 Å². The van der Waals surface area contributed by atoms with Crippen LogP contribution in [0.3, 0.4) is 0 Å². The molecule has 4 aromatic carbocycles. The van der Waals surface area contributed by atoms with E-state index in [9.17, 15) is 4.79 Å². The number of aromatic amines is 1. The molecule has 0 spiro atoms. The number of carbonyl (C=O) groups is 1. The number of carbonyl (C=O) groups excluding carboxylic acids is 1. The molecule has 0 bridgehead atoms. The van der Waals surface area contributed by atoms with Crippen LogP contribution in [0.25, 0.3) is 10.9 Å². The average molecular weight is 464 g/mol. The molecule has 1 N–H and O–H groups in total. The van der Waals surface area contributed by atoms with E-state index in [-0.39, 0.29) is 4.80 Å². The summed E-state index contributed by atoms with van der Waals surface area (Å²) in [5.41, 5.74) is 0.947. The van der Waals surface area contributed by atoms with Crippen LogP contribution in [0.15, 0.2) is 121 Å². The van der Waals surface area contributed by atoms with E-state index in [1.54, 1.807) is 6.20 Å². The first-order valence-corrected chi connectivity index (χ1v) is 14.4. The summed E-state index contributed by atoms with van der Waals surface area (Å²) >= 11 is -3.86. The summed E-state index contributed by atoms with van der Waals surface area (Å²) in [4.78, 5) is 17.3. The molecule has 5 aromatic rings. The fourth-order valence-corrected chi connectivity index (χ4v) is 12.7. The molecule has 0 atom stereocenters. The molecule has 31 heavy (non-hydrogen) atoms. The number of ether oxygens (including phenoxy) is 1. The topological polar surface area (TPSA) is 42.1 Å². The Kier molecular flexibility index (Phi) is 5.18. The molecule has 150 valence electrons. The molecule has 1 aromatic heterocycles. The Morgan fingerprint density at radius 3 is 1.58 bits per heavy atom. The van der Waals surface area contributed by atoms with E-state index in [0.717, 1.165) is 24.1 Å². The predicted octanol–water partition coefficient (Wildman–Crippen LogP) is 4.42. The fraction of sp³-hybridized carbons (Fsp3) is 0. The minimum atomic E-state index is -3.86. The van der Waals surface area contributed by atoms with Crippen molar-refractivity contribution in [2.24, 2.45) is 0 Å². The molecule has 4 heteroatoms. The Labute approximate surface area is 183 Å². The molecule has 0 amide bonds. The van der Waals surface area contributed by atoms with Crippen LogP contribution in [0.2, 0.25) is 0 Å². The van der Waals surface area contributed by atoms with Gasteiger partial charge >= 0.3 is 184 Å². The summed E-state index contributed by atoms with van der Waals surface area (Å²) in [6.07, 6.45) is 1.77. The van der Waals surface area contributed by atoms with Crippen molar-refractivity contribution >= 4 is 42.2 Å². The number of H-pyrrole nitrogens is 1. The summed E-state index contributed by atoms with van der Waals surface area (Å²) < 4.78 is 9.35. The van der Waals surface area contributed by atoms with Crippen LogP contribution in [0.5, 0.6) is 5.75 Å². The Morgan fingerprint density at radius 1 is 0.613 bits per heavy atom. The summed E-state index contributed by atoms with van der Waals surface area (Å²) in [7, 11) is 0. The second-order valence-electron chi connectivity index (χ2n) is 7.44. The van der Waals surface area contributed by atoms with Gasteiger partial charge in [-0.05, 0) is 0 Å². The number of fused-ring (bicyclic) bond motifs is 1. The molecular weight excluding hydrogens is 443 g/mol. The molecule has 0 fully saturated rings. The SMILES string of the molecule is O=[C](Oc1c[nH]c2ccccc12)[Ge]([c]1ccccc1)([c]1ccccc1)[c]1ccccc1. The Balaban J connectivity index is 1.74. The first-order chi connectivity index (χ1) is 15.3. The Hall–Kier alpha value is -3.57. The third-order valence-electron chi connectivity index (χ3n) is 5.68. The van der Waals surface area contributed by atoms with Crippen molar-refractivity contribution in [3.63, 3.8) is 0 Å². The molecule has 0 aliphatic carbocycles. The second-order valence-corrected chi connectivity index (χ2v) is 15.1. The minimum absolute atomic E-state index is 0.159. The van der Waals surface area contributed by atoms with Crippen molar-refractivity contribution in [1.29, 1.82) is 0 Å². The second kappa shape index (κ2) is 8.28. The van der Waals surface area contributed by atoms with Gasteiger partial charge in [0.25, 0.3) is 0 Å². The zero-order valence-electron chi connectivity index (χ0n) is 16.9. The first kappa shape index (κ1) is 19.4. The number of nitrogens with one attached hydrogen (secondary N) is 1. The van der Waals surface area contributed by atoms with E-state index in [4.69, 9.17) is 4.74 Å². The normalized spacial score (nSPS) is 11.4. The summed E-state index contributed by atoms with van der Waals surface area (Å²) in [6.45, 7) is 0. The molecule has 1 heterocycles. The number of aromatic nitrogens is 1. The van der Waals surface area contributed by atoms with E-state index in [1.807, 2.05) is 78.9 Å². The predicted molar refractivity (Wildman–Crippen MR) is 128 cm³/mol. The van der Waals surface area contributed by atoms with Gasteiger partial charge in [0.15, 0.2) is 0 Å². The van der Waals surface area contributed by atoms with Crippen LogP contribution >= 0.6 is 0 Å². The van der Waals surface area contributed by atoms with Gasteiger partial charge in [-0.1, -0.05) is 0 Å². The zero-order chi connectivity index (χ0) is 21.1. The summed E-state index contributed by atoms with van der Waals surface area (Å²) in [5.74, 6) is 0.568. The van der Waals surface area contributed by atoms with Crippen molar-refractivity contribution in [2.75, 3.05) is 0 Å². The Bertz CT molecular complexity index is 1220. The van der Waals surface area contributed by atoms with Gasteiger partial charge in [-0.2, -0.15) is 0 Å². The van der Waals surface area contributed by atoms with Crippen molar-refractivity contribution in [3.8, 4) is 5.75 Å².